The predicted octanol–water partition coefficient (Wildman–Crippen LogP) is 3.40. The Balaban J connectivity index is 1.89. The van der Waals surface area contributed by atoms with Gasteiger partial charge in [0.1, 0.15) is 0 Å². The van der Waals surface area contributed by atoms with Crippen LogP contribution >= 0.6 is 0 Å². The molecule has 0 atom stereocenters. The van der Waals surface area contributed by atoms with Crippen LogP contribution < -0.4 is 11.1 Å². The van der Waals surface area contributed by atoms with E-state index in [0.717, 1.165) is 12.1 Å². The summed E-state index contributed by atoms with van der Waals surface area (Å²) in [5.74, 6) is -1.18. The van der Waals surface area contributed by atoms with E-state index in [1.54, 1.807) is 0 Å². The van der Waals surface area contributed by atoms with Crippen molar-refractivity contribution in [1.82, 2.24) is 4.57 Å². The summed E-state index contributed by atoms with van der Waals surface area (Å²) in [5.41, 5.74) is 0.0540. The highest BCUT2D eigenvalue weighted by Gasteiger charge is 2.30. The first-order chi connectivity index (χ1) is 11.3. The molecule has 0 radical (unpaired) electrons. The number of oxazole rings is 1. The molecule has 0 bridgehead atoms. The quantitative estimate of drug-likeness (QED) is 0.780. The number of nitrogens with one attached hydrogen (secondary N) is 1. The van der Waals surface area contributed by atoms with Gasteiger partial charge in [0, 0.05) is 18.3 Å². The number of carbonyl (C=O) groups excluding carboxylic acids is 1. The van der Waals surface area contributed by atoms with E-state index in [2.05, 4.69) is 5.32 Å². The van der Waals surface area contributed by atoms with Crippen molar-refractivity contribution in [1.29, 1.82) is 0 Å². The van der Waals surface area contributed by atoms with Crippen LogP contribution in [0.4, 0.5) is 18.9 Å². The molecular formula is C16H11F3N2O3. The lowest BCUT2D eigenvalue weighted by molar-refractivity contribution is -0.137. The first kappa shape index (κ1) is 15.9. The summed E-state index contributed by atoms with van der Waals surface area (Å²) in [6.45, 7) is 0. The summed E-state index contributed by atoms with van der Waals surface area (Å²) >= 11 is 0. The van der Waals surface area contributed by atoms with E-state index >= 15 is 0 Å². The smallest absolute Gasteiger partial charge is 0.408 e. The van der Waals surface area contributed by atoms with Gasteiger partial charge in [-0.1, -0.05) is 6.07 Å². The Kier molecular flexibility index (Phi) is 3.67. The maximum atomic E-state index is 12.7. The van der Waals surface area contributed by atoms with Crippen LogP contribution in [-0.4, -0.2) is 10.5 Å². The molecule has 0 unspecified atom stereocenters. The molecule has 0 aliphatic carbocycles. The molecule has 5 nitrogen and oxygen atoms in total. The van der Waals surface area contributed by atoms with Crippen molar-refractivity contribution in [2.75, 3.05) is 5.32 Å². The van der Waals surface area contributed by atoms with Gasteiger partial charge in [-0.15, -0.1) is 0 Å². The Morgan fingerprint density at radius 1 is 1.17 bits per heavy atom. The number of anilines is 1. The number of carbonyl (C=O) groups is 1. The van der Waals surface area contributed by atoms with Gasteiger partial charge < -0.3 is 9.73 Å². The fourth-order valence-electron chi connectivity index (χ4n) is 2.25. The second-order valence-electron chi connectivity index (χ2n) is 5.14. The summed E-state index contributed by atoms with van der Waals surface area (Å²) in [6.07, 6.45) is -4.49. The third-order valence-electron chi connectivity index (χ3n) is 3.50. The Labute approximate surface area is 133 Å². The molecule has 24 heavy (non-hydrogen) atoms. The van der Waals surface area contributed by atoms with Crippen molar-refractivity contribution in [2.24, 2.45) is 7.05 Å². The standard InChI is InChI=1S/C16H11F3N2O3/c1-21-12-6-5-9(7-13(12)24-15(21)23)14(22)20-11-4-2-3-10(8-11)16(17,18)19/h2-8H,1H3,(H,20,22). The third-order valence-corrected chi connectivity index (χ3v) is 3.50. The average molecular weight is 336 g/mol. The predicted molar refractivity (Wildman–Crippen MR) is 80.9 cm³/mol. The molecule has 0 aliphatic heterocycles. The fraction of sp³-hybridized carbons (Fsp3) is 0.125. The Bertz CT molecular complexity index is 986. The van der Waals surface area contributed by atoms with Gasteiger partial charge in [-0.2, -0.15) is 13.2 Å². The number of nitrogens with zero attached hydrogens (tertiary/aromatic N) is 1. The van der Waals surface area contributed by atoms with Crippen LogP contribution in [0, 0.1) is 0 Å². The highest BCUT2D eigenvalue weighted by molar-refractivity contribution is 6.05. The number of hydrogen-bond donors (Lipinski definition) is 1. The maximum Gasteiger partial charge on any atom is 0.419 e. The number of alkyl halides is 3. The molecule has 0 saturated carbocycles. The van der Waals surface area contributed by atoms with Gasteiger partial charge in [0.05, 0.1) is 11.1 Å². The Morgan fingerprint density at radius 3 is 2.62 bits per heavy atom. The van der Waals surface area contributed by atoms with Crippen LogP contribution in [-0.2, 0) is 13.2 Å². The van der Waals surface area contributed by atoms with E-state index in [4.69, 9.17) is 4.42 Å². The number of aromatic nitrogens is 1. The van der Waals surface area contributed by atoms with Crippen molar-refractivity contribution in [2.45, 2.75) is 6.18 Å². The van der Waals surface area contributed by atoms with Gasteiger partial charge in [0.15, 0.2) is 5.58 Å². The molecule has 1 amide bonds. The van der Waals surface area contributed by atoms with Gasteiger partial charge in [0.2, 0.25) is 0 Å². The first-order valence-electron chi connectivity index (χ1n) is 6.84. The number of benzene rings is 2. The summed E-state index contributed by atoms with van der Waals surface area (Å²) in [4.78, 5) is 23.6. The van der Waals surface area contributed by atoms with Crippen LogP contribution in [0.1, 0.15) is 15.9 Å². The third kappa shape index (κ3) is 2.90. The molecule has 1 aromatic heterocycles. The van der Waals surface area contributed by atoms with Crippen LogP contribution in [0.3, 0.4) is 0 Å². The van der Waals surface area contributed by atoms with E-state index in [1.807, 2.05) is 0 Å². The number of aryl methyl sites for hydroxylation is 1. The molecule has 0 saturated heterocycles. The molecule has 1 heterocycles. The van der Waals surface area contributed by atoms with Crippen molar-refractivity contribution in [3.05, 3.63) is 64.1 Å². The summed E-state index contributed by atoms with van der Waals surface area (Å²) in [6, 6.07) is 8.67. The molecular weight excluding hydrogens is 325 g/mol. The summed E-state index contributed by atoms with van der Waals surface area (Å²) < 4.78 is 44.3. The minimum Gasteiger partial charge on any atom is -0.408 e. The second-order valence-corrected chi connectivity index (χ2v) is 5.14. The zero-order chi connectivity index (χ0) is 17.5. The van der Waals surface area contributed by atoms with Crippen molar-refractivity contribution in [3.8, 4) is 0 Å². The molecule has 0 spiro atoms. The molecule has 3 aromatic rings. The van der Waals surface area contributed by atoms with E-state index in [1.165, 1.54) is 41.9 Å². The molecule has 2 aromatic carbocycles. The topological polar surface area (TPSA) is 64.2 Å². The minimum absolute atomic E-state index is 0.0180. The van der Waals surface area contributed by atoms with E-state index in [9.17, 15) is 22.8 Å². The largest absolute Gasteiger partial charge is 0.419 e. The van der Waals surface area contributed by atoms with Crippen LogP contribution in [0.2, 0.25) is 0 Å². The number of rotatable bonds is 2. The molecule has 0 fully saturated rings. The van der Waals surface area contributed by atoms with Crippen LogP contribution in [0.5, 0.6) is 0 Å². The number of amides is 1. The normalized spacial score (nSPS) is 11.7. The Morgan fingerprint density at radius 2 is 1.92 bits per heavy atom. The van der Waals surface area contributed by atoms with Crippen molar-refractivity contribution >= 4 is 22.7 Å². The summed E-state index contributed by atoms with van der Waals surface area (Å²) in [7, 11) is 1.52. The average Bonchev–Trinajstić information content (AvgIpc) is 2.81. The van der Waals surface area contributed by atoms with Gasteiger partial charge in [0.25, 0.3) is 5.91 Å². The van der Waals surface area contributed by atoms with Gasteiger partial charge in [-0.05, 0) is 36.4 Å². The van der Waals surface area contributed by atoms with Crippen LogP contribution in [0.15, 0.2) is 51.7 Å². The van der Waals surface area contributed by atoms with Crippen molar-refractivity contribution < 1.29 is 22.4 Å². The molecule has 0 aliphatic rings. The zero-order valence-corrected chi connectivity index (χ0v) is 12.3. The minimum atomic E-state index is -4.49. The van der Waals surface area contributed by atoms with Crippen molar-refractivity contribution in [3.63, 3.8) is 0 Å². The Hall–Kier alpha value is -3.03. The first-order valence-corrected chi connectivity index (χ1v) is 6.84. The highest BCUT2D eigenvalue weighted by Crippen LogP contribution is 2.30. The molecule has 1 N–H and O–H groups in total. The molecule has 8 heteroatoms. The monoisotopic (exact) mass is 336 g/mol. The summed E-state index contributed by atoms with van der Waals surface area (Å²) in [5, 5.41) is 2.39. The van der Waals surface area contributed by atoms with Crippen LogP contribution in [0.25, 0.3) is 11.1 Å². The lowest BCUT2D eigenvalue weighted by atomic mass is 10.1. The van der Waals surface area contributed by atoms with E-state index in [-0.39, 0.29) is 16.8 Å². The van der Waals surface area contributed by atoms with E-state index in [0.29, 0.717) is 5.52 Å². The fourth-order valence-corrected chi connectivity index (χ4v) is 2.25. The molecule has 124 valence electrons. The zero-order valence-electron chi connectivity index (χ0n) is 12.3. The number of halogens is 3. The number of fused-ring (bicyclic) bond motifs is 1. The lowest BCUT2D eigenvalue weighted by Crippen LogP contribution is -2.13. The maximum absolute atomic E-state index is 12.7. The number of hydrogen-bond acceptors (Lipinski definition) is 3. The molecule has 3 rings (SSSR count). The van der Waals surface area contributed by atoms with Gasteiger partial charge in [-0.25, -0.2) is 4.79 Å². The highest BCUT2D eigenvalue weighted by atomic mass is 19.4. The van der Waals surface area contributed by atoms with Gasteiger partial charge >= 0.3 is 11.9 Å². The van der Waals surface area contributed by atoms with E-state index < -0.39 is 23.4 Å². The SMILES string of the molecule is Cn1c(=O)oc2cc(C(=O)Nc3cccc(C(F)(F)F)c3)ccc21. The lowest BCUT2D eigenvalue weighted by Gasteiger charge is -2.10. The van der Waals surface area contributed by atoms with Gasteiger partial charge in [-0.3, -0.25) is 9.36 Å². The second kappa shape index (κ2) is 5.55.